The van der Waals surface area contributed by atoms with Crippen LogP contribution in [0.4, 0.5) is 0 Å². The molecule has 5 rings (SSSR count). The Morgan fingerprint density at radius 3 is 2.57 bits per heavy atom. The highest BCUT2D eigenvalue weighted by molar-refractivity contribution is 5.96. The van der Waals surface area contributed by atoms with E-state index in [0.717, 1.165) is 0 Å². The molecule has 2 aliphatic heterocycles. The van der Waals surface area contributed by atoms with Gasteiger partial charge in [0.25, 0.3) is 0 Å². The van der Waals surface area contributed by atoms with Gasteiger partial charge in [0, 0.05) is 22.7 Å². The summed E-state index contributed by atoms with van der Waals surface area (Å²) in [6.45, 7) is 7.48. The maximum Gasteiger partial charge on any atom is 0.348 e. The van der Waals surface area contributed by atoms with Gasteiger partial charge in [0.15, 0.2) is 11.6 Å². The quantitative estimate of drug-likeness (QED) is 0.384. The van der Waals surface area contributed by atoms with Crippen LogP contribution in [0.3, 0.4) is 0 Å². The van der Waals surface area contributed by atoms with Gasteiger partial charge in [0.2, 0.25) is 6.10 Å². The number of carbonyl (C=O) groups is 3. The Labute approximate surface area is 203 Å². The second-order valence-electron chi connectivity index (χ2n) is 12.1. The van der Waals surface area contributed by atoms with E-state index in [1.807, 2.05) is 0 Å². The van der Waals surface area contributed by atoms with Crippen LogP contribution in [0, 0.1) is 39.9 Å². The van der Waals surface area contributed by atoms with Crippen molar-refractivity contribution in [2.45, 2.75) is 71.2 Å². The summed E-state index contributed by atoms with van der Waals surface area (Å²) < 4.78 is 17.5. The van der Waals surface area contributed by atoms with Gasteiger partial charge in [0.05, 0.1) is 18.6 Å². The van der Waals surface area contributed by atoms with Crippen molar-refractivity contribution in [2.24, 2.45) is 39.9 Å². The fourth-order valence-corrected chi connectivity index (χ4v) is 8.07. The molecule has 2 saturated carbocycles. The minimum atomic E-state index is -2.11. The lowest BCUT2D eigenvalue weighted by Gasteiger charge is -2.68. The highest BCUT2D eigenvalue weighted by Crippen LogP contribution is 2.73. The summed E-state index contributed by atoms with van der Waals surface area (Å²) in [5, 5.41) is 44.0. The van der Waals surface area contributed by atoms with Crippen LogP contribution >= 0.6 is 0 Å². The van der Waals surface area contributed by atoms with Gasteiger partial charge < -0.3 is 34.6 Å². The molecule has 0 radical (unpaired) electrons. The number of ketones is 1. The average molecular weight is 495 g/mol. The summed E-state index contributed by atoms with van der Waals surface area (Å²) in [6.07, 6.45) is -3.47. The predicted octanol–water partition coefficient (Wildman–Crippen LogP) is -0.294. The third-order valence-corrected chi connectivity index (χ3v) is 9.81. The molecule has 4 fully saturated rings. The number of hydrogen-bond donors (Lipinski definition) is 4. The molecule has 35 heavy (non-hydrogen) atoms. The predicted molar refractivity (Wildman–Crippen MR) is 117 cm³/mol. The third kappa shape index (κ3) is 2.80. The Kier molecular flexibility index (Phi) is 5.21. The molecule has 0 unspecified atom stereocenters. The molecule has 10 nitrogen and oxygen atoms in total. The van der Waals surface area contributed by atoms with Crippen LogP contribution in [-0.4, -0.2) is 81.6 Å². The lowest BCUT2D eigenvalue weighted by atomic mass is 9.38. The summed E-state index contributed by atoms with van der Waals surface area (Å²) in [4.78, 5) is 38.9. The zero-order chi connectivity index (χ0) is 25.9. The largest absolute Gasteiger partial charge is 0.459 e. The standard InChI is InChI=1S/C25H34O10/c1-10-6-13(27)18(29)23(5)12(10)7-14-24-9-33-25(32,20(23)24)17(28)11(2)15(24)16(19(30)34-14)35-21(31)22(3,4)8-26/h6,11-12,14-18,20,26,28-29,32H,7-9H2,1-5H3/t11-,12+,14-,15-,16-,17-,18-,20-,23-,24+,25+/m1/s1. The van der Waals surface area contributed by atoms with Crippen LogP contribution in [0.5, 0.6) is 0 Å². The minimum Gasteiger partial charge on any atom is -0.459 e. The fourth-order valence-electron chi connectivity index (χ4n) is 8.07. The maximum absolute atomic E-state index is 13.3. The third-order valence-electron chi connectivity index (χ3n) is 9.81. The SMILES string of the molecule is CC1=CC(=O)[C@@H](O)[C@]2(C)[C@H]3[C@@]4(O)OC[C@]35[C@H]([C@@H](C)[C@H]4O)[C@@H](OC(=O)C(C)(C)CO)C(=O)O[C@@H]5C[C@@H]12. The number of ether oxygens (including phenoxy) is 3. The number of fused-ring (bicyclic) bond motifs is 1. The van der Waals surface area contributed by atoms with Crippen molar-refractivity contribution >= 4 is 17.7 Å². The molecule has 2 saturated heterocycles. The van der Waals surface area contributed by atoms with Crippen LogP contribution in [0.2, 0.25) is 0 Å². The number of esters is 2. The zero-order valence-corrected chi connectivity index (χ0v) is 20.6. The summed E-state index contributed by atoms with van der Waals surface area (Å²) in [5.41, 5.74) is -2.95. The molecular formula is C25H34O10. The van der Waals surface area contributed by atoms with Gasteiger partial charge in [-0.2, -0.15) is 0 Å². The summed E-state index contributed by atoms with van der Waals surface area (Å²) in [7, 11) is 0. The Morgan fingerprint density at radius 2 is 1.94 bits per heavy atom. The Hall–Kier alpha value is -1.85. The zero-order valence-electron chi connectivity index (χ0n) is 20.6. The molecular weight excluding hydrogens is 460 g/mol. The van der Waals surface area contributed by atoms with Crippen molar-refractivity contribution in [1.29, 1.82) is 0 Å². The Balaban J connectivity index is 1.69. The first-order valence-electron chi connectivity index (χ1n) is 12.1. The molecule has 0 amide bonds. The van der Waals surface area contributed by atoms with E-state index in [-0.39, 0.29) is 13.0 Å². The van der Waals surface area contributed by atoms with E-state index < -0.39 is 94.4 Å². The number of aliphatic hydroxyl groups excluding tert-OH is 3. The van der Waals surface area contributed by atoms with Crippen LogP contribution in [0.25, 0.3) is 0 Å². The maximum atomic E-state index is 13.3. The Morgan fingerprint density at radius 1 is 1.29 bits per heavy atom. The summed E-state index contributed by atoms with van der Waals surface area (Å²) in [6, 6.07) is 0. The number of rotatable bonds is 3. The lowest BCUT2D eigenvalue weighted by Crippen LogP contribution is -2.78. The molecule has 3 aliphatic carbocycles. The number of allylic oxidation sites excluding steroid dienone is 1. The van der Waals surface area contributed by atoms with Gasteiger partial charge in [-0.15, -0.1) is 0 Å². The van der Waals surface area contributed by atoms with E-state index in [2.05, 4.69) is 0 Å². The molecule has 11 atom stereocenters. The van der Waals surface area contributed by atoms with E-state index in [1.54, 1.807) is 20.8 Å². The molecule has 2 bridgehead atoms. The summed E-state index contributed by atoms with van der Waals surface area (Å²) >= 11 is 0. The first kappa shape index (κ1) is 24.8. The topological polar surface area (TPSA) is 160 Å². The minimum absolute atomic E-state index is 0.110. The number of hydrogen-bond acceptors (Lipinski definition) is 10. The van der Waals surface area contributed by atoms with Crippen LogP contribution in [-0.2, 0) is 28.6 Å². The van der Waals surface area contributed by atoms with Crippen LogP contribution < -0.4 is 0 Å². The van der Waals surface area contributed by atoms with E-state index in [4.69, 9.17) is 14.2 Å². The van der Waals surface area contributed by atoms with E-state index in [1.165, 1.54) is 19.9 Å². The molecule has 0 aromatic carbocycles. The molecule has 0 aromatic heterocycles. The number of carbonyl (C=O) groups excluding carboxylic acids is 3. The van der Waals surface area contributed by atoms with E-state index in [9.17, 15) is 34.8 Å². The molecule has 194 valence electrons. The van der Waals surface area contributed by atoms with Gasteiger partial charge in [0.1, 0.15) is 18.3 Å². The van der Waals surface area contributed by atoms with E-state index >= 15 is 0 Å². The first-order chi connectivity index (χ1) is 16.2. The van der Waals surface area contributed by atoms with Crippen molar-refractivity contribution < 1.29 is 49.0 Å². The van der Waals surface area contributed by atoms with Crippen molar-refractivity contribution in [2.75, 3.05) is 13.2 Å². The normalized spacial score (nSPS) is 50.6. The first-order valence-corrected chi connectivity index (χ1v) is 12.1. The van der Waals surface area contributed by atoms with Gasteiger partial charge in [-0.3, -0.25) is 9.59 Å². The van der Waals surface area contributed by atoms with Crippen LogP contribution in [0.1, 0.15) is 41.0 Å². The number of aliphatic hydroxyl groups is 4. The van der Waals surface area contributed by atoms with Gasteiger partial charge in [-0.1, -0.05) is 19.4 Å². The van der Waals surface area contributed by atoms with Crippen molar-refractivity contribution in [3.05, 3.63) is 11.6 Å². The molecule has 2 heterocycles. The lowest BCUT2D eigenvalue weighted by molar-refractivity contribution is -0.340. The molecule has 4 N–H and O–H groups in total. The van der Waals surface area contributed by atoms with Crippen molar-refractivity contribution in [3.63, 3.8) is 0 Å². The van der Waals surface area contributed by atoms with Crippen molar-refractivity contribution in [3.8, 4) is 0 Å². The van der Waals surface area contributed by atoms with Gasteiger partial charge in [-0.05, 0) is 45.1 Å². The monoisotopic (exact) mass is 494 g/mol. The second-order valence-corrected chi connectivity index (χ2v) is 12.1. The second kappa shape index (κ2) is 7.35. The van der Waals surface area contributed by atoms with Crippen molar-refractivity contribution in [1.82, 2.24) is 0 Å². The van der Waals surface area contributed by atoms with E-state index in [0.29, 0.717) is 5.57 Å². The molecule has 5 aliphatic rings. The molecule has 1 spiro atoms. The van der Waals surface area contributed by atoms with Gasteiger partial charge in [-0.25, -0.2) is 4.79 Å². The smallest absolute Gasteiger partial charge is 0.348 e. The average Bonchev–Trinajstić information content (AvgIpc) is 3.08. The van der Waals surface area contributed by atoms with Gasteiger partial charge >= 0.3 is 11.9 Å². The molecule has 0 aromatic rings. The highest BCUT2D eigenvalue weighted by atomic mass is 16.7. The van der Waals surface area contributed by atoms with Crippen LogP contribution in [0.15, 0.2) is 11.6 Å². The summed E-state index contributed by atoms with van der Waals surface area (Å²) in [5.74, 6) is -7.16. The Bertz CT molecular complexity index is 1020. The highest BCUT2D eigenvalue weighted by Gasteiger charge is 2.83. The fraction of sp³-hybridized carbons (Fsp3) is 0.800. The molecule has 10 heteroatoms.